The highest BCUT2D eigenvalue weighted by molar-refractivity contribution is 5.79. The molecule has 34 heteroatoms. The Labute approximate surface area is 582 Å². The quantitative estimate of drug-likeness (QED) is 0.0368. The van der Waals surface area contributed by atoms with Gasteiger partial charge in [-0.2, -0.15) is 0 Å². The molecular weight excluding hydrogens is 1350 g/mol. The Morgan fingerprint density at radius 2 is 1.02 bits per heavy atom. The fourth-order valence-electron chi connectivity index (χ4n) is 19.6. The lowest BCUT2D eigenvalue weighted by Crippen LogP contribution is -2.71. The molecule has 0 radical (unpaired) electrons. The van der Waals surface area contributed by atoms with E-state index in [1.54, 1.807) is 0 Å². The summed E-state index contributed by atoms with van der Waals surface area (Å²) in [6.45, 7) is 12.2. The van der Waals surface area contributed by atoms with Crippen LogP contribution in [0.4, 0.5) is 0 Å². The highest BCUT2D eigenvalue weighted by Crippen LogP contribution is 2.76. The standard InChI is InChI=1S/C67H106O34/c1-24-36(74)40(78)45(83)55(90-24)98-51-49(93-27(4)71)26(3)92-59(52(51)99-56-47(85)43(81)48(25(2)91-56)96-54-44(82)37(75)31(73)22-89-54)101-61(88)66-15-14-62(5,6)18-29(66)28-10-11-34-63(7)19-30(72)53(65(9,60(86)87)35(63)12-13-64(34,8)67(28,23-70)17-16-66)100-58-50(42(80)39(77)33(21-69)95-58)97-57-46(84)41(79)38(76)32(20-68)94-57/h10,24-26,29-59,68-70,72-85H,11-23H2,1-9H3,(H,86,87)/t24-,25-,26+,29-,30-,31+,32+,33+,34+,35?,36-,37-,38+,39+,40+,41-,42-,43-,44+,45+,46+,47+,48-,49-,50+,51-,52+,53-,54-,55-,56-,57-,58-,59-,63+,64+,65-,66-,67-/m0/s1. The summed E-state index contributed by atoms with van der Waals surface area (Å²) in [4.78, 5) is 43.4. The molecular formula is C67H106O34. The fourth-order valence-corrected chi connectivity index (χ4v) is 19.6. The molecule has 11 aliphatic rings. The highest BCUT2D eigenvalue weighted by atomic mass is 16.8. The fraction of sp³-hybridized carbons (Fsp3) is 0.925. The topological polar surface area (TPSA) is 535 Å². The molecule has 0 spiro atoms. The van der Waals surface area contributed by atoms with Gasteiger partial charge in [-0.3, -0.25) is 14.4 Å². The molecule has 6 aliphatic heterocycles. The number of carbonyl (C=O) groups excluding carboxylic acids is 2. The van der Waals surface area contributed by atoms with Gasteiger partial charge in [0, 0.05) is 12.3 Å². The molecule has 0 aromatic heterocycles. The molecule has 39 atom stereocenters. The predicted octanol–water partition coefficient (Wildman–Crippen LogP) is -5.09. The van der Waals surface area contributed by atoms with Gasteiger partial charge in [-0.05, 0) is 119 Å². The van der Waals surface area contributed by atoms with Gasteiger partial charge in [0.2, 0.25) is 6.29 Å². The van der Waals surface area contributed by atoms with Crippen molar-refractivity contribution >= 4 is 17.9 Å². The Bertz CT molecular complexity index is 2950. The number of fused-ring (bicyclic) bond motifs is 7. The minimum Gasteiger partial charge on any atom is -0.481 e. The third-order valence-corrected chi connectivity index (χ3v) is 25.4. The van der Waals surface area contributed by atoms with Crippen LogP contribution in [0.3, 0.4) is 0 Å². The Morgan fingerprint density at radius 3 is 1.64 bits per heavy atom. The van der Waals surface area contributed by atoms with Gasteiger partial charge in [-0.25, -0.2) is 0 Å². The van der Waals surface area contributed by atoms with Crippen molar-refractivity contribution in [1.29, 1.82) is 0 Å². The zero-order valence-corrected chi connectivity index (χ0v) is 58.0. The summed E-state index contributed by atoms with van der Waals surface area (Å²) in [5.74, 6) is -5.03. The van der Waals surface area contributed by atoms with Gasteiger partial charge < -0.3 is 153 Å². The molecule has 5 aliphatic carbocycles. The van der Waals surface area contributed by atoms with Crippen LogP contribution in [-0.2, 0) is 76.0 Å². The lowest BCUT2D eigenvalue weighted by Gasteiger charge is -2.71. The Hall–Kier alpha value is -2.97. The van der Waals surface area contributed by atoms with E-state index in [1.165, 1.54) is 27.7 Å². The molecule has 0 amide bonds. The number of hydrogen-bond donors (Lipinski definition) is 18. The maximum absolute atomic E-state index is 16.1. The van der Waals surface area contributed by atoms with Crippen LogP contribution in [0, 0.1) is 50.2 Å². The molecule has 11 rings (SSSR count). The maximum atomic E-state index is 16.1. The van der Waals surface area contributed by atoms with E-state index in [-0.39, 0.29) is 38.5 Å². The molecule has 578 valence electrons. The van der Waals surface area contributed by atoms with Gasteiger partial charge >= 0.3 is 17.9 Å². The largest absolute Gasteiger partial charge is 0.481 e. The van der Waals surface area contributed by atoms with Crippen LogP contribution < -0.4 is 0 Å². The minimum absolute atomic E-state index is 0.0936. The van der Waals surface area contributed by atoms with E-state index in [4.69, 9.17) is 61.6 Å². The molecule has 101 heavy (non-hydrogen) atoms. The maximum Gasteiger partial charge on any atom is 0.315 e. The molecule has 34 nitrogen and oxygen atoms in total. The number of allylic oxidation sites excluding steroid dienone is 1. The number of aliphatic hydroxyl groups is 17. The number of carboxylic acid groups (broad SMARTS) is 1. The van der Waals surface area contributed by atoms with Crippen LogP contribution in [0.5, 0.6) is 0 Å². The second kappa shape index (κ2) is 29.5. The summed E-state index contributed by atoms with van der Waals surface area (Å²) in [5, 5.41) is 200. The van der Waals surface area contributed by atoms with E-state index >= 15 is 4.79 Å². The average molecular weight is 1460 g/mol. The van der Waals surface area contributed by atoms with Crippen molar-refractivity contribution in [3.05, 3.63) is 11.6 Å². The summed E-state index contributed by atoms with van der Waals surface area (Å²) in [5.41, 5.74) is -6.14. The number of ether oxygens (including phenoxy) is 13. The van der Waals surface area contributed by atoms with Gasteiger partial charge in [0.25, 0.3) is 0 Å². The lowest BCUT2D eigenvalue weighted by atomic mass is 9.33. The second-order valence-electron chi connectivity index (χ2n) is 31.8. The number of aliphatic hydroxyl groups excluding tert-OH is 17. The number of hydrogen-bond acceptors (Lipinski definition) is 33. The van der Waals surface area contributed by atoms with Crippen molar-refractivity contribution in [2.75, 3.05) is 26.4 Å². The number of carboxylic acids is 1. The molecule has 0 bridgehead atoms. The van der Waals surface area contributed by atoms with Gasteiger partial charge in [0.05, 0.1) is 61.7 Å². The zero-order valence-electron chi connectivity index (χ0n) is 58.0. The normalized spacial score (nSPS) is 53.6. The molecule has 4 saturated carbocycles. The highest BCUT2D eigenvalue weighted by Gasteiger charge is 2.74. The average Bonchev–Trinajstić information content (AvgIpc) is 0.669. The van der Waals surface area contributed by atoms with E-state index in [2.05, 4.69) is 20.8 Å². The molecule has 18 N–H and O–H groups in total. The number of esters is 2. The van der Waals surface area contributed by atoms with Crippen LogP contribution in [0.1, 0.15) is 120 Å². The first-order chi connectivity index (χ1) is 47.3. The SMILES string of the molecule is CC(=O)O[C@@H]1[C@H](O[C@@H]2O[C@@H](C)[C@H](O)[C@@H](O)[C@H]2O)[C@@H](O[C@@H]2O[C@@H](C)[C@H](O[C@@H]3OC[C@@H](O)[C@H](O)[C@H]3O)[C@@H](O)[C@H]2O)[C@H](OC(=O)[C@]23CCC(C)(C)C[C@H]2C2=CC[C@@H]4[C@@]5(C)C[C@H](O)[C@H](O[C@@H]6O[C@H](CO)[C@@H](O)[C@H](O)[C@H]6O[C@@H]6O[C@H](CO)[C@@H](O)[C@H](O)[C@H]6O)[C@@](C)(C(=O)O)C5CC[C@@]4(C)[C@]2(CO)CC3)O[C@@H]1C. The Morgan fingerprint density at radius 1 is 0.495 bits per heavy atom. The summed E-state index contributed by atoms with van der Waals surface area (Å²) in [6, 6.07) is 0. The number of aliphatic carboxylic acids is 1. The molecule has 0 aromatic carbocycles. The summed E-state index contributed by atoms with van der Waals surface area (Å²) < 4.78 is 79.2. The molecule has 6 heterocycles. The third kappa shape index (κ3) is 13.5. The van der Waals surface area contributed by atoms with Gasteiger partial charge in [-0.15, -0.1) is 0 Å². The Balaban J connectivity index is 0.905. The van der Waals surface area contributed by atoms with E-state index < -0.39 is 285 Å². The first-order valence-corrected chi connectivity index (χ1v) is 35.2. The van der Waals surface area contributed by atoms with E-state index in [9.17, 15) is 102 Å². The van der Waals surface area contributed by atoms with Crippen molar-refractivity contribution < 1.29 is 168 Å². The minimum atomic E-state index is -2.07. The smallest absolute Gasteiger partial charge is 0.315 e. The third-order valence-electron chi connectivity index (χ3n) is 25.4. The van der Waals surface area contributed by atoms with Crippen LogP contribution >= 0.6 is 0 Å². The van der Waals surface area contributed by atoms with Gasteiger partial charge in [0.1, 0.15) is 116 Å². The van der Waals surface area contributed by atoms with Crippen molar-refractivity contribution in [3.63, 3.8) is 0 Å². The number of carbonyl (C=O) groups is 3. The summed E-state index contributed by atoms with van der Waals surface area (Å²) in [7, 11) is 0. The zero-order chi connectivity index (χ0) is 74.0. The molecule has 1 unspecified atom stereocenters. The molecule has 0 aromatic rings. The summed E-state index contributed by atoms with van der Waals surface area (Å²) in [6.07, 6.45) is -49.7. The van der Waals surface area contributed by atoms with Crippen LogP contribution in [0.25, 0.3) is 0 Å². The number of rotatable bonds is 17. The van der Waals surface area contributed by atoms with Crippen LogP contribution in [0.15, 0.2) is 11.6 Å². The van der Waals surface area contributed by atoms with Crippen LogP contribution in [0.2, 0.25) is 0 Å². The summed E-state index contributed by atoms with van der Waals surface area (Å²) >= 11 is 0. The second-order valence-corrected chi connectivity index (χ2v) is 31.8. The van der Waals surface area contributed by atoms with E-state index in [1.807, 2.05) is 13.0 Å². The first-order valence-electron chi connectivity index (χ1n) is 35.2. The monoisotopic (exact) mass is 1450 g/mol. The van der Waals surface area contributed by atoms with Gasteiger partial charge in [0.15, 0.2) is 43.7 Å². The van der Waals surface area contributed by atoms with Crippen molar-refractivity contribution in [2.45, 2.75) is 310 Å². The first kappa shape index (κ1) is 79.1. The van der Waals surface area contributed by atoms with Crippen molar-refractivity contribution in [3.8, 4) is 0 Å². The van der Waals surface area contributed by atoms with Crippen molar-refractivity contribution in [2.24, 2.45) is 50.2 Å². The van der Waals surface area contributed by atoms with E-state index in [0.29, 0.717) is 19.3 Å². The van der Waals surface area contributed by atoms with Gasteiger partial charge in [-0.1, -0.05) is 39.3 Å². The lowest BCUT2D eigenvalue weighted by molar-refractivity contribution is -0.390. The Kier molecular flexibility index (Phi) is 23.1. The van der Waals surface area contributed by atoms with E-state index in [0.717, 1.165) is 12.5 Å². The van der Waals surface area contributed by atoms with Crippen molar-refractivity contribution in [1.82, 2.24) is 0 Å². The predicted molar refractivity (Wildman–Crippen MR) is 332 cm³/mol. The molecule has 6 saturated heterocycles. The molecule has 10 fully saturated rings. The van der Waals surface area contributed by atoms with Crippen LogP contribution in [-0.4, -0.2) is 327 Å².